The maximum atomic E-state index is 10.3. The molecular weight excluding hydrogens is 464 g/mol. The summed E-state index contributed by atoms with van der Waals surface area (Å²) in [6.07, 6.45) is 3.69. The molecule has 7 nitrogen and oxygen atoms in total. The van der Waals surface area contributed by atoms with Crippen LogP contribution in [0.15, 0.2) is 29.4 Å². The van der Waals surface area contributed by atoms with Crippen LogP contribution in [0.4, 0.5) is 0 Å². The number of halogens is 1. The summed E-state index contributed by atoms with van der Waals surface area (Å²) in [5.41, 5.74) is 3.69. The molecule has 1 fully saturated rings. The Balaban J connectivity index is 0.00000272. The van der Waals surface area contributed by atoms with Gasteiger partial charge in [0.1, 0.15) is 5.75 Å². The quantitative estimate of drug-likeness (QED) is 0.657. The van der Waals surface area contributed by atoms with E-state index in [4.69, 9.17) is 23.9 Å². The molecule has 0 unspecified atom stereocenters. The van der Waals surface area contributed by atoms with E-state index in [1.165, 1.54) is 0 Å². The highest BCUT2D eigenvalue weighted by molar-refractivity contribution is 8.93. The molecule has 168 valence electrons. The largest absolute Gasteiger partial charge is 0.496 e. The number of rotatable bonds is 6. The number of aromatic nitrogens is 1. The van der Waals surface area contributed by atoms with E-state index >= 15 is 0 Å². The fourth-order valence-electron chi connectivity index (χ4n) is 4.46. The first-order chi connectivity index (χ1) is 14.6. The molecule has 1 aromatic heterocycles. The van der Waals surface area contributed by atoms with Crippen molar-refractivity contribution < 1.29 is 24.1 Å². The SMILES string of the molecule is Br.CCOc1cc2c(cc1OC)C(c1cnc(OC)cc1OC)=N[C@@H]1CC[C@@H](O)C[C@H]21. The molecule has 1 saturated carbocycles. The van der Waals surface area contributed by atoms with Gasteiger partial charge in [-0.15, -0.1) is 17.0 Å². The maximum Gasteiger partial charge on any atom is 0.216 e. The number of hydrogen-bond donors (Lipinski definition) is 1. The molecule has 1 aliphatic carbocycles. The fraction of sp³-hybridized carbons (Fsp3) is 0.478. The lowest BCUT2D eigenvalue weighted by atomic mass is 9.74. The summed E-state index contributed by atoms with van der Waals surface area (Å²) in [6, 6.07) is 5.87. The molecule has 3 atom stereocenters. The smallest absolute Gasteiger partial charge is 0.216 e. The highest BCUT2D eigenvalue weighted by atomic mass is 79.9. The molecule has 0 amide bonds. The zero-order valence-corrected chi connectivity index (χ0v) is 20.0. The van der Waals surface area contributed by atoms with Gasteiger partial charge < -0.3 is 24.1 Å². The minimum atomic E-state index is -0.314. The van der Waals surface area contributed by atoms with Gasteiger partial charge in [0.25, 0.3) is 0 Å². The Labute approximate surface area is 193 Å². The number of fused-ring (bicyclic) bond motifs is 3. The Morgan fingerprint density at radius 3 is 2.42 bits per heavy atom. The third-order valence-electron chi connectivity index (χ3n) is 5.90. The number of hydrogen-bond acceptors (Lipinski definition) is 7. The number of nitrogens with zero attached hydrogens (tertiary/aromatic N) is 2. The summed E-state index contributed by atoms with van der Waals surface area (Å²) in [5, 5.41) is 10.3. The van der Waals surface area contributed by atoms with Crippen molar-refractivity contribution in [2.24, 2.45) is 4.99 Å². The molecule has 2 aromatic rings. The summed E-state index contributed by atoms with van der Waals surface area (Å²) < 4.78 is 22.3. The molecule has 2 heterocycles. The first kappa shape index (κ1) is 23.3. The average molecular weight is 493 g/mol. The van der Waals surface area contributed by atoms with Crippen LogP contribution in [0, 0.1) is 0 Å². The summed E-state index contributed by atoms with van der Waals surface area (Å²) >= 11 is 0. The highest BCUT2D eigenvalue weighted by Gasteiger charge is 2.38. The first-order valence-corrected chi connectivity index (χ1v) is 10.3. The van der Waals surface area contributed by atoms with Crippen LogP contribution in [0.2, 0.25) is 0 Å². The number of aliphatic imine (C=N–C) groups is 1. The third-order valence-corrected chi connectivity index (χ3v) is 5.90. The second kappa shape index (κ2) is 9.87. The van der Waals surface area contributed by atoms with Crippen molar-refractivity contribution in [3.8, 4) is 23.1 Å². The van der Waals surface area contributed by atoms with E-state index < -0.39 is 0 Å². The maximum absolute atomic E-state index is 10.3. The molecule has 0 spiro atoms. The third kappa shape index (κ3) is 4.36. The molecule has 0 radical (unpaired) electrons. The van der Waals surface area contributed by atoms with Crippen molar-refractivity contribution in [3.63, 3.8) is 0 Å². The number of methoxy groups -OCH3 is 3. The van der Waals surface area contributed by atoms with E-state index in [0.717, 1.165) is 35.2 Å². The van der Waals surface area contributed by atoms with Gasteiger partial charge in [0, 0.05) is 23.7 Å². The van der Waals surface area contributed by atoms with Crippen LogP contribution in [0.5, 0.6) is 23.1 Å². The van der Waals surface area contributed by atoms with Gasteiger partial charge in [-0.25, -0.2) is 4.98 Å². The lowest BCUT2D eigenvalue weighted by Crippen LogP contribution is -2.34. The summed E-state index contributed by atoms with van der Waals surface area (Å²) in [4.78, 5) is 9.49. The Bertz CT molecular complexity index is 965. The molecule has 2 aliphatic rings. The number of aliphatic hydroxyl groups excluding tert-OH is 1. The predicted octanol–water partition coefficient (Wildman–Crippen LogP) is 3.93. The zero-order valence-electron chi connectivity index (χ0n) is 18.3. The lowest BCUT2D eigenvalue weighted by Gasteiger charge is -2.37. The van der Waals surface area contributed by atoms with Crippen molar-refractivity contribution in [3.05, 3.63) is 41.1 Å². The Morgan fingerprint density at radius 1 is 0.968 bits per heavy atom. The summed E-state index contributed by atoms with van der Waals surface area (Å²) in [6.45, 7) is 2.50. The van der Waals surface area contributed by atoms with Crippen LogP contribution in [0.25, 0.3) is 0 Å². The topological polar surface area (TPSA) is 82.4 Å². The standard InChI is InChI=1S/C23H28N2O5.BrH/c1-5-30-21-9-14-15-8-13(26)6-7-18(15)25-23(16(14)10-20(21)28-3)17-12-24-22(29-4)11-19(17)27-2;/h9-13,15,18,26H,5-8H2,1-4H3;1H/t13-,15-,18-;/m1./s1. The van der Waals surface area contributed by atoms with Crippen LogP contribution < -0.4 is 18.9 Å². The van der Waals surface area contributed by atoms with Crippen molar-refractivity contribution in [2.45, 2.75) is 44.2 Å². The van der Waals surface area contributed by atoms with Crippen LogP contribution in [0.3, 0.4) is 0 Å². The van der Waals surface area contributed by atoms with Crippen molar-refractivity contribution in [1.29, 1.82) is 0 Å². The van der Waals surface area contributed by atoms with Gasteiger partial charge in [0.15, 0.2) is 11.5 Å². The van der Waals surface area contributed by atoms with Gasteiger partial charge >= 0.3 is 0 Å². The van der Waals surface area contributed by atoms with E-state index in [-0.39, 0.29) is 35.0 Å². The molecule has 0 bridgehead atoms. The van der Waals surface area contributed by atoms with Crippen molar-refractivity contribution >= 4 is 22.7 Å². The number of benzene rings is 1. The van der Waals surface area contributed by atoms with Gasteiger partial charge in [0.2, 0.25) is 5.88 Å². The second-order valence-corrected chi connectivity index (χ2v) is 7.57. The van der Waals surface area contributed by atoms with Crippen LogP contribution >= 0.6 is 17.0 Å². The van der Waals surface area contributed by atoms with Gasteiger partial charge in [-0.05, 0) is 43.9 Å². The zero-order chi connectivity index (χ0) is 21.3. The summed E-state index contributed by atoms with van der Waals surface area (Å²) in [5.74, 6) is 2.62. The molecular formula is C23H29BrN2O5. The Kier molecular flexibility index (Phi) is 7.43. The van der Waals surface area contributed by atoms with E-state index in [1.807, 2.05) is 19.1 Å². The van der Waals surface area contributed by atoms with E-state index in [0.29, 0.717) is 36.2 Å². The van der Waals surface area contributed by atoms with Gasteiger partial charge in [-0.3, -0.25) is 4.99 Å². The second-order valence-electron chi connectivity index (χ2n) is 7.57. The fourth-order valence-corrected chi connectivity index (χ4v) is 4.46. The van der Waals surface area contributed by atoms with Gasteiger partial charge in [0.05, 0.1) is 51.4 Å². The number of pyridine rings is 1. The minimum Gasteiger partial charge on any atom is -0.496 e. The van der Waals surface area contributed by atoms with E-state index in [2.05, 4.69) is 4.98 Å². The molecule has 0 saturated heterocycles. The summed E-state index contributed by atoms with van der Waals surface area (Å²) in [7, 11) is 4.83. The lowest BCUT2D eigenvalue weighted by molar-refractivity contribution is 0.111. The molecule has 1 N–H and O–H groups in total. The van der Waals surface area contributed by atoms with Gasteiger partial charge in [-0.1, -0.05) is 0 Å². The molecule has 1 aromatic carbocycles. The monoisotopic (exact) mass is 492 g/mol. The molecule has 4 rings (SSSR count). The normalized spacial score (nSPS) is 21.7. The Morgan fingerprint density at radius 2 is 1.74 bits per heavy atom. The van der Waals surface area contributed by atoms with Crippen molar-refractivity contribution in [2.75, 3.05) is 27.9 Å². The minimum absolute atomic E-state index is 0. The first-order valence-electron chi connectivity index (χ1n) is 10.3. The van der Waals surface area contributed by atoms with E-state index in [9.17, 15) is 5.11 Å². The van der Waals surface area contributed by atoms with Gasteiger partial charge in [-0.2, -0.15) is 0 Å². The Hall–Kier alpha value is -2.32. The van der Waals surface area contributed by atoms with Crippen LogP contribution in [-0.4, -0.2) is 55.9 Å². The number of aliphatic hydroxyl groups is 1. The van der Waals surface area contributed by atoms with Crippen LogP contribution in [-0.2, 0) is 0 Å². The van der Waals surface area contributed by atoms with Crippen molar-refractivity contribution in [1.82, 2.24) is 4.98 Å². The highest BCUT2D eigenvalue weighted by Crippen LogP contribution is 2.45. The van der Waals surface area contributed by atoms with Crippen LogP contribution in [0.1, 0.15) is 48.8 Å². The van der Waals surface area contributed by atoms with E-state index in [1.54, 1.807) is 33.6 Å². The molecule has 1 aliphatic heterocycles. The predicted molar refractivity (Wildman–Crippen MR) is 124 cm³/mol. The number of ether oxygens (including phenoxy) is 4. The molecule has 8 heteroatoms. The molecule has 31 heavy (non-hydrogen) atoms. The average Bonchev–Trinajstić information content (AvgIpc) is 2.78.